The van der Waals surface area contributed by atoms with Gasteiger partial charge in [-0.3, -0.25) is 9.69 Å². The Morgan fingerprint density at radius 3 is 2.52 bits per heavy atom. The molecule has 132 valence electrons. The lowest BCUT2D eigenvalue weighted by atomic mass is 10.1. The van der Waals surface area contributed by atoms with Crippen molar-refractivity contribution >= 4 is 11.6 Å². The average molecular weight is 340 g/mol. The third kappa shape index (κ3) is 4.31. The van der Waals surface area contributed by atoms with Crippen LogP contribution in [-0.4, -0.2) is 37.1 Å². The second kappa shape index (κ2) is 7.57. The number of rotatable bonds is 5. The summed E-state index contributed by atoms with van der Waals surface area (Å²) in [5.41, 5.74) is 3.13. The van der Waals surface area contributed by atoms with Gasteiger partial charge in [0.15, 0.2) is 11.5 Å². The molecule has 2 aromatic rings. The second-order valence-corrected chi connectivity index (χ2v) is 6.42. The molecule has 3 rings (SSSR count). The van der Waals surface area contributed by atoms with Gasteiger partial charge in [-0.2, -0.15) is 0 Å². The van der Waals surface area contributed by atoms with Crippen molar-refractivity contribution in [2.45, 2.75) is 26.4 Å². The lowest BCUT2D eigenvalue weighted by molar-refractivity contribution is -0.120. The zero-order valence-electron chi connectivity index (χ0n) is 14.9. The van der Waals surface area contributed by atoms with Crippen LogP contribution in [0.3, 0.4) is 0 Å². The summed E-state index contributed by atoms with van der Waals surface area (Å²) in [6.45, 7) is 5.77. The summed E-state index contributed by atoms with van der Waals surface area (Å²) in [5, 5.41) is 2.95. The Hall–Kier alpha value is -2.53. The fraction of sp³-hybridized carbons (Fsp3) is 0.350. The van der Waals surface area contributed by atoms with Crippen molar-refractivity contribution in [2.24, 2.45) is 0 Å². The molecule has 0 bridgehead atoms. The molecule has 0 saturated heterocycles. The van der Waals surface area contributed by atoms with Gasteiger partial charge in [0.1, 0.15) is 13.2 Å². The molecule has 5 heteroatoms. The maximum Gasteiger partial charge on any atom is 0.241 e. The third-order valence-corrected chi connectivity index (χ3v) is 4.40. The number of aryl methyl sites for hydroxylation is 1. The van der Waals surface area contributed by atoms with Crippen LogP contribution in [0, 0.1) is 6.92 Å². The van der Waals surface area contributed by atoms with Crippen LogP contribution in [0.25, 0.3) is 0 Å². The van der Waals surface area contributed by atoms with Crippen LogP contribution in [0.1, 0.15) is 18.1 Å². The molecule has 0 aromatic heterocycles. The van der Waals surface area contributed by atoms with E-state index in [0.717, 1.165) is 6.54 Å². The van der Waals surface area contributed by atoms with E-state index in [4.69, 9.17) is 9.47 Å². The number of ether oxygens (including phenoxy) is 2. The Balaban J connectivity index is 1.60. The van der Waals surface area contributed by atoms with E-state index in [1.54, 1.807) is 6.07 Å². The number of amides is 1. The van der Waals surface area contributed by atoms with Gasteiger partial charge in [-0.25, -0.2) is 0 Å². The first-order valence-corrected chi connectivity index (χ1v) is 8.49. The number of anilines is 1. The lowest BCUT2D eigenvalue weighted by Gasteiger charge is -2.24. The van der Waals surface area contributed by atoms with Gasteiger partial charge in [-0.05, 0) is 38.6 Å². The van der Waals surface area contributed by atoms with Gasteiger partial charge in [-0.1, -0.05) is 29.8 Å². The molecule has 1 heterocycles. The standard InChI is InChI=1S/C20H24N2O3/c1-14-4-6-16(7-5-14)13-22(3)15(2)20(23)21-17-8-9-18-19(12-17)25-11-10-24-18/h4-9,12,15H,10-11,13H2,1-3H3,(H,21,23)/t15-/m1/s1. The van der Waals surface area contributed by atoms with E-state index in [1.165, 1.54) is 11.1 Å². The molecule has 1 amide bonds. The number of hydrogen-bond acceptors (Lipinski definition) is 4. The fourth-order valence-electron chi connectivity index (χ4n) is 2.69. The van der Waals surface area contributed by atoms with Crippen LogP contribution >= 0.6 is 0 Å². The number of benzene rings is 2. The second-order valence-electron chi connectivity index (χ2n) is 6.42. The SMILES string of the molecule is Cc1ccc(CN(C)[C@H](C)C(=O)Nc2ccc3c(c2)OCCO3)cc1. The first kappa shape index (κ1) is 17.3. The molecule has 1 aliphatic rings. The third-order valence-electron chi connectivity index (χ3n) is 4.40. The van der Waals surface area contributed by atoms with E-state index in [1.807, 2.05) is 31.0 Å². The van der Waals surface area contributed by atoms with Gasteiger partial charge in [0.2, 0.25) is 5.91 Å². The van der Waals surface area contributed by atoms with Gasteiger partial charge in [-0.15, -0.1) is 0 Å². The van der Waals surface area contributed by atoms with Crippen LogP contribution in [-0.2, 0) is 11.3 Å². The van der Waals surface area contributed by atoms with Gasteiger partial charge in [0, 0.05) is 18.3 Å². The highest BCUT2D eigenvalue weighted by Gasteiger charge is 2.19. The van der Waals surface area contributed by atoms with Crippen molar-refractivity contribution in [2.75, 3.05) is 25.6 Å². The lowest BCUT2D eigenvalue weighted by Crippen LogP contribution is -2.39. The van der Waals surface area contributed by atoms with Crippen molar-refractivity contribution < 1.29 is 14.3 Å². The Kier molecular flexibility index (Phi) is 5.24. The van der Waals surface area contributed by atoms with Gasteiger partial charge in [0.25, 0.3) is 0 Å². The first-order chi connectivity index (χ1) is 12.0. The van der Waals surface area contributed by atoms with E-state index in [0.29, 0.717) is 30.4 Å². The smallest absolute Gasteiger partial charge is 0.241 e. The van der Waals surface area contributed by atoms with Gasteiger partial charge >= 0.3 is 0 Å². The summed E-state index contributed by atoms with van der Waals surface area (Å²) < 4.78 is 11.1. The summed E-state index contributed by atoms with van der Waals surface area (Å²) in [6.07, 6.45) is 0. The number of hydrogen-bond donors (Lipinski definition) is 1. The van der Waals surface area contributed by atoms with Crippen LogP contribution in [0.4, 0.5) is 5.69 Å². The van der Waals surface area contributed by atoms with Crippen LogP contribution in [0.5, 0.6) is 11.5 Å². The summed E-state index contributed by atoms with van der Waals surface area (Å²) in [4.78, 5) is 14.6. The minimum absolute atomic E-state index is 0.0497. The molecule has 0 spiro atoms. The number of nitrogens with zero attached hydrogens (tertiary/aromatic N) is 1. The fourth-order valence-corrected chi connectivity index (χ4v) is 2.69. The van der Waals surface area contributed by atoms with Gasteiger partial charge in [0.05, 0.1) is 6.04 Å². The van der Waals surface area contributed by atoms with Gasteiger partial charge < -0.3 is 14.8 Å². The van der Waals surface area contributed by atoms with Crippen LogP contribution in [0.2, 0.25) is 0 Å². The summed E-state index contributed by atoms with van der Waals surface area (Å²) in [5.74, 6) is 1.34. The van der Waals surface area contributed by atoms with Crippen molar-refractivity contribution in [3.8, 4) is 11.5 Å². The average Bonchev–Trinajstić information content (AvgIpc) is 2.62. The Morgan fingerprint density at radius 1 is 1.12 bits per heavy atom. The minimum Gasteiger partial charge on any atom is -0.486 e. The Labute approximate surface area is 148 Å². The first-order valence-electron chi connectivity index (χ1n) is 8.49. The normalized spacial score (nSPS) is 14.2. The van der Waals surface area contributed by atoms with E-state index in [2.05, 4.69) is 36.5 Å². The van der Waals surface area contributed by atoms with Crippen molar-refractivity contribution in [1.29, 1.82) is 0 Å². The summed E-state index contributed by atoms with van der Waals surface area (Å²) in [7, 11) is 1.95. The quantitative estimate of drug-likeness (QED) is 0.908. The molecule has 0 radical (unpaired) electrons. The summed E-state index contributed by atoms with van der Waals surface area (Å²) in [6, 6.07) is 13.6. The molecular formula is C20H24N2O3. The molecule has 0 unspecified atom stereocenters. The number of carbonyl (C=O) groups excluding carboxylic acids is 1. The highest BCUT2D eigenvalue weighted by atomic mass is 16.6. The number of nitrogens with one attached hydrogen (secondary N) is 1. The predicted molar refractivity (Wildman–Crippen MR) is 98.2 cm³/mol. The van der Waals surface area contributed by atoms with Crippen LogP contribution in [0.15, 0.2) is 42.5 Å². The van der Waals surface area contributed by atoms with Crippen molar-refractivity contribution in [3.05, 3.63) is 53.6 Å². The predicted octanol–water partition coefficient (Wildman–Crippen LogP) is 3.23. The molecule has 5 nitrogen and oxygen atoms in total. The molecule has 0 fully saturated rings. The molecule has 1 N–H and O–H groups in total. The molecule has 1 atom stereocenters. The largest absolute Gasteiger partial charge is 0.486 e. The van der Waals surface area contributed by atoms with E-state index in [-0.39, 0.29) is 11.9 Å². The molecule has 25 heavy (non-hydrogen) atoms. The minimum atomic E-state index is -0.255. The monoisotopic (exact) mass is 340 g/mol. The number of fused-ring (bicyclic) bond motifs is 1. The van der Waals surface area contributed by atoms with E-state index in [9.17, 15) is 4.79 Å². The summed E-state index contributed by atoms with van der Waals surface area (Å²) >= 11 is 0. The van der Waals surface area contributed by atoms with E-state index >= 15 is 0 Å². The number of likely N-dealkylation sites (N-methyl/N-ethyl adjacent to an activating group) is 1. The zero-order chi connectivity index (χ0) is 17.8. The highest BCUT2D eigenvalue weighted by molar-refractivity contribution is 5.94. The van der Waals surface area contributed by atoms with Crippen molar-refractivity contribution in [1.82, 2.24) is 4.90 Å². The Morgan fingerprint density at radius 2 is 1.80 bits per heavy atom. The van der Waals surface area contributed by atoms with E-state index < -0.39 is 0 Å². The molecule has 0 saturated carbocycles. The highest BCUT2D eigenvalue weighted by Crippen LogP contribution is 2.32. The number of carbonyl (C=O) groups is 1. The Bertz CT molecular complexity index is 743. The molecule has 1 aliphatic heterocycles. The molecular weight excluding hydrogens is 316 g/mol. The van der Waals surface area contributed by atoms with Crippen LogP contribution < -0.4 is 14.8 Å². The molecule has 2 aromatic carbocycles. The molecule has 0 aliphatic carbocycles. The maximum atomic E-state index is 12.5. The topological polar surface area (TPSA) is 50.8 Å². The zero-order valence-corrected chi connectivity index (χ0v) is 14.9. The van der Waals surface area contributed by atoms with Crippen molar-refractivity contribution in [3.63, 3.8) is 0 Å². The maximum absolute atomic E-state index is 12.5.